The second-order valence-corrected chi connectivity index (χ2v) is 16.3. The van der Waals surface area contributed by atoms with Gasteiger partial charge in [-0.05, 0) is 64.0 Å². The zero-order valence-electron chi connectivity index (χ0n) is 32.3. The molecule has 3 heterocycles. The zero-order chi connectivity index (χ0) is 39.6. The molecule has 0 bridgehead atoms. The Hall–Kier alpha value is -7.73. The lowest BCUT2D eigenvalue weighted by molar-refractivity contribution is 1.06. The van der Waals surface area contributed by atoms with Gasteiger partial charge in [0, 0.05) is 53.0 Å². The van der Waals surface area contributed by atoms with Crippen LogP contribution in [0.4, 0.5) is 0 Å². The number of hydrogen-bond acceptors (Lipinski definition) is 4. The number of para-hydroxylation sites is 1. The number of rotatable bonds is 6. The van der Waals surface area contributed by atoms with Crippen LogP contribution in [0.2, 0.25) is 0 Å². The highest BCUT2D eigenvalue weighted by Gasteiger charge is 2.21. The van der Waals surface area contributed by atoms with Crippen LogP contribution in [0.1, 0.15) is 0 Å². The van der Waals surface area contributed by atoms with E-state index < -0.39 is 0 Å². The summed E-state index contributed by atoms with van der Waals surface area (Å²) in [5, 5.41) is 7.37. The molecule has 0 fully saturated rings. The molecular weight excluding hydrogens is 749 g/mol. The second kappa shape index (κ2) is 14.0. The molecule has 12 rings (SSSR count). The number of hydrogen-bond donors (Lipinski definition) is 0. The summed E-state index contributed by atoms with van der Waals surface area (Å²) in [7, 11) is 0. The fourth-order valence-electron chi connectivity index (χ4n) is 8.76. The van der Waals surface area contributed by atoms with Crippen LogP contribution < -0.4 is 0 Å². The molecule has 0 aliphatic rings. The van der Waals surface area contributed by atoms with Crippen molar-refractivity contribution >= 4 is 64.1 Å². The molecule has 12 aromatic rings. The molecule has 0 aliphatic carbocycles. The first-order valence-corrected chi connectivity index (χ1v) is 21.0. The van der Waals surface area contributed by atoms with Gasteiger partial charge in [-0.2, -0.15) is 0 Å². The van der Waals surface area contributed by atoms with Gasteiger partial charge < -0.3 is 4.57 Å². The topological polar surface area (TPSA) is 43.6 Å². The van der Waals surface area contributed by atoms with Crippen molar-refractivity contribution in [1.82, 2.24) is 19.5 Å². The van der Waals surface area contributed by atoms with Gasteiger partial charge in [-0.3, -0.25) is 0 Å². The van der Waals surface area contributed by atoms with Crippen molar-refractivity contribution < 1.29 is 0 Å². The minimum absolute atomic E-state index is 0.610. The van der Waals surface area contributed by atoms with Crippen molar-refractivity contribution in [3.05, 3.63) is 206 Å². The fourth-order valence-corrected chi connectivity index (χ4v) is 9.84. The fraction of sp³-hybridized carbons (Fsp3) is 0. The average Bonchev–Trinajstić information content (AvgIpc) is 3.87. The van der Waals surface area contributed by atoms with E-state index in [0.29, 0.717) is 17.5 Å². The van der Waals surface area contributed by atoms with Gasteiger partial charge >= 0.3 is 0 Å². The highest BCUT2D eigenvalue weighted by atomic mass is 32.1. The van der Waals surface area contributed by atoms with E-state index in [0.717, 1.165) is 50.1 Å². The number of fused-ring (bicyclic) bond motifs is 8. The summed E-state index contributed by atoms with van der Waals surface area (Å²) in [5.41, 5.74) is 10.6. The van der Waals surface area contributed by atoms with Crippen molar-refractivity contribution in [3.63, 3.8) is 0 Å². The Bertz CT molecular complexity index is 3590. The lowest BCUT2D eigenvalue weighted by Crippen LogP contribution is -2.04. The van der Waals surface area contributed by atoms with Gasteiger partial charge in [0.25, 0.3) is 0 Å². The summed E-state index contributed by atoms with van der Waals surface area (Å²) in [6.45, 7) is 0. The minimum atomic E-state index is 0.610. The molecule has 0 radical (unpaired) electrons. The molecule has 5 heteroatoms. The maximum absolute atomic E-state index is 5.33. The Balaban J connectivity index is 1.07. The van der Waals surface area contributed by atoms with Crippen molar-refractivity contribution in [1.29, 1.82) is 0 Å². The molecular formula is C55H34N4S. The summed E-state index contributed by atoms with van der Waals surface area (Å²) in [6.07, 6.45) is 0. The Morgan fingerprint density at radius 2 is 0.883 bits per heavy atom. The SMILES string of the molecule is c1ccc(-c2ccc(-c3nc(-c4ccccc4)nc(-c4ccc(-c5ccc6sc7ccccc7c6c5)cc4)n3)c(-n3c4ccccc4c4ccc5ccccc5c43)c2)cc1. The van der Waals surface area contributed by atoms with Crippen LogP contribution in [0.25, 0.3) is 115 Å². The van der Waals surface area contributed by atoms with Gasteiger partial charge in [-0.15, -0.1) is 11.3 Å². The number of thiophene rings is 1. The first-order chi connectivity index (χ1) is 29.7. The summed E-state index contributed by atoms with van der Waals surface area (Å²) in [4.78, 5) is 15.7. The van der Waals surface area contributed by atoms with Crippen molar-refractivity contribution in [3.8, 4) is 62.1 Å². The normalized spacial score (nSPS) is 11.7. The van der Waals surface area contributed by atoms with E-state index in [9.17, 15) is 0 Å². The smallest absolute Gasteiger partial charge is 0.166 e. The third-order valence-corrected chi connectivity index (χ3v) is 12.8. The number of nitrogens with zero attached hydrogens (tertiary/aromatic N) is 4. The van der Waals surface area contributed by atoms with Crippen LogP contribution in [0.3, 0.4) is 0 Å². The first kappa shape index (κ1) is 34.3. The van der Waals surface area contributed by atoms with E-state index in [-0.39, 0.29) is 0 Å². The molecule has 0 unspecified atom stereocenters. The summed E-state index contributed by atoms with van der Waals surface area (Å²) >= 11 is 1.84. The molecule has 3 aromatic heterocycles. The number of aromatic nitrogens is 4. The van der Waals surface area contributed by atoms with Crippen LogP contribution in [-0.2, 0) is 0 Å². The quantitative estimate of drug-likeness (QED) is 0.169. The highest BCUT2D eigenvalue weighted by Crippen LogP contribution is 2.41. The Labute approximate surface area is 350 Å². The van der Waals surface area contributed by atoms with Gasteiger partial charge in [0.2, 0.25) is 0 Å². The monoisotopic (exact) mass is 782 g/mol. The molecule has 0 amide bonds. The Kier molecular flexibility index (Phi) is 8.00. The molecule has 0 N–H and O–H groups in total. The van der Waals surface area contributed by atoms with Crippen LogP contribution in [0.15, 0.2) is 206 Å². The van der Waals surface area contributed by atoms with Crippen molar-refractivity contribution in [2.24, 2.45) is 0 Å². The van der Waals surface area contributed by atoms with E-state index in [1.54, 1.807) is 0 Å². The van der Waals surface area contributed by atoms with E-state index in [2.05, 4.69) is 193 Å². The predicted octanol–water partition coefficient (Wildman–Crippen LogP) is 14.8. The van der Waals surface area contributed by atoms with Gasteiger partial charge in [-0.1, -0.05) is 170 Å². The van der Waals surface area contributed by atoms with E-state index >= 15 is 0 Å². The maximum atomic E-state index is 5.33. The second-order valence-electron chi connectivity index (χ2n) is 15.2. The third kappa shape index (κ3) is 5.70. The third-order valence-electron chi connectivity index (χ3n) is 11.7. The minimum Gasteiger partial charge on any atom is -0.308 e. The Morgan fingerprint density at radius 3 is 1.68 bits per heavy atom. The van der Waals surface area contributed by atoms with Crippen molar-refractivity contribution in [2.75, 3.05) is 0 Å². The first-order valence-electron chi connectivity index (χ1n) is 20.2. The van der Waals surface area contributed by atoms with Crippen LogP contribution in [0.5, 0.6) is 0 Å². The molecule has 0 spiro atoms. The van der Waals surface area contributed by atoms with Gasteiger partial charge in [-0.25, -0.2) is 15.0 Å². The highest BCUT2D eigenvalue weighted by molar-refractivity contribution is 7.25. The van der Waals surface area contributed by atoms with Crippen LogP contribution in [-0.4, -0.2) is 19.5 Å². The van der Waals surface area contributed by atoms with Crippen LogP contribution >= 0.6 is 11.3 Å². The van der Waals surface area contributed by atoms with E-state index in [1.807, 2.05) is 29.5 Å². The van der Waals surface area contributed by atoms with Gasteiger partial charge in [0.15, 0.2) is 17.5 Å². The van der Waals surface area contributed by atoms with Gasteiger partial charge in [0.05, 0.1) is 16.7 Å². The Morgan fingerprint density at radius 1 is 0.333 bits per heavy atom. The average molecular weight is 783 g/mol. The maximum Gasteiger partial charge on any atom is 0.166 e. The molecule has 60 heavy (non-hydrogen) atoms. The largest absolute Gasteiger partial charge is 0.308 e. The molecule has 0 saturated carbocycles. The molecule has 4 nitrogen and oxygen atoms in total. The summed E-state index contributed by atoms with van der Waals surface area (Å²) < 4.78 is 5.03. The van der Waals surface area contributed by atoms with Gasteiger partial charge in [0.1, 0.15) is 0 Å². The van der Waals surface area contributed by atoms with Crippen LogP contribution in [0, 0.1) is 0 Å². The summed E-state index contributed by atoms with van der Waals surface area (Å²) in [5.74, 6) is 1.86. The number of benzene rings is 9. The van der Waals surface area contributed by atoms with E-state index in [1.165, 1.54) is 47.3 Å². The van der Waals surface area contributed by atoms with Crippen molar-refractivity contribution in [2.45, 2.75) is 0 Å². The molecule has 9 aromatic carbocycles. The molecule has 0 saturated heterocycles. The van der Waals surface area contributed by atoms with E-state index in [4.69, 9.17) is 15.0 Å². The zero-order valence-corrected chi connectivity index (χ0v) is 33.1. The molecule has 0 atom stereocenters. The summed E-state index contributed by atoms with van der Waals surface area (Å²) in [6, 6.07) is 73.4. The molecule has 0 aliphatic heterocycles. The molecule has 280 valence electrons. The standard InChI is InChI=1S/C55H34N4S/c1-3-13-35(14-4-1)41-28-31-46(49(34-41)59-48-21-11-9-19-43(48)45-30-27-37-15-7-8-18-42(37)52(45)59)55-57-53(38-16-5-2-6-17-38)56-54(58-55)39-25-23-36(24-26-39)40-29-32-51-47(33-40)44-20-10-12-22-50(44)60-51/h1-34H. The lowest BCUT2D eigenvalue weighted by Gasteiger charge is -2.17. The predicted molar refractivity (Wildman–Crippen MR) is 252 cm³/mol. The lowest BCUT2D eigenvalue weighted by atomic mass is 10.0.